The highest BCUT2D eigenvalue weighted by atomic mass is 19.4. The fraction of sp³-hybridized carbons (Fsp3) is 0.375. The summed E-state index contributed by atoms with van der Waals surface area (Å²) in [7, 11) is 0. The van der Waals surface area contributed by atoms with Gasteiger partial charge < -0.3 is 9.42 Å². The largest absolute Gasteiger partial charge is 0.393 e. The molecule has 0 N–H and O–H groups in total. The lowest BCUT2D eigenvalue weighted by molar-refractivity contribution is -0.184. The molecule has 2 aromatic rings. The summed E-state index contributed by atoms with van der Waals surface area (Å²) in [6.07, 6.45) is -3.90. The quantitative estimate of drug-likeness (QED) is 0.845. The number of piperidine rings is 1. The number of amides is 1. The molecule has 1 aromatic carbocycles. The van der Waals surface area contributed by atoms with Gasteiger partial charge in [-0.2, -0.15) is 13.2 Å². The lowest BCUT2D eigenvalue weighted by atomic mass is 9.97. The normalized spacial score (nSPS) is 18.9. The molecule has 2 heterocycles. The van der Waals surface area contributed by atoms with Crippen LogP contribution >= 0.6 is 0 Å². The third kappa shape index (κ3) is 3.38. The summed E-state index contributed by atoms with van der Waals surface area (Å²) in [4.78, 5) is 13.5. The molecule has 122 valence electrons. The predicted octanol–water partition coefficient (Wildman–Crippen LogP) is 3.76. The standard InChI is InChI=1S/C16H15F3N2O2/c17-16(18,19)12-7-4-8-21(10-12)15(22)14-9-13(20-23-14)11-5-2-1-3-6-11/h1-3,5-6,9,12H,4,7-8,10H2/t12-/m1/s1. The summed E-state index contributed by atoms with van der Waals surface area (Å²) < 4.78 is 43.5. The molecule has 0 aliphatic carbocycles. The van der Waals surface area contributed by atoms with Crippen LogP contribution < -0.4 is 0 Å². The number of carbonyl (C=O) groups excluding carboxylic acids is 1. The average molecular weight is 324 g/mol. The van der Waals surface area contributed by atoms with Crippen LogP contribution in [0.4, 0.5) is 13.2 Å². The number of hydrogen-bond donors (Lipinski definition) is 0. The van der Waals surface area contributed by atoms with E-state index in [2.05, 4.69) is 5.16 Å². The van der Waals surface area contributed by atoms with Crippen molar-refractivity contribution in [3.05, 3.63) is 42.2 Å². The zero-order valence-electron chi connectivity index (χ0n) is 12.2. The third-order valence-electron chi connectivity index (χ3n) is 3.96. The molecule has 0 bridgehead atoms. The summed E-state index contributed by atoms with van der Waals surface area (Å²) in [5, 5.41) is 3.83. The van der Waals surface area contributed by atoms with E-state index < -0.39 is 18.0 Å². The summed E-state index contributed by atoms with van der Waals surface area (Å²) in [5.41, 5.74) is 1.26. The van der Waals surface area contributed by atoms with Crippen LogP contribution in [0.5, 0.6) is 0 Å². The van der Waals surface area contributed by atoms with Crippen LogP contribution in [0.15, 0.2) is 40.9 Å². The Morgan fingerprint density at radius 2 is 2.00 bits per heavy atom. The van der Waals surface area contributed by atoms with E-state index in [-0.39, 0.29) is 18.7 Å². The molecule has 1 saturated heterocycles. The van der Waals surface area contributed by atoms with Crippen molar-refractivity contribution < 1.29 is 22.5 Å². The van der Waals surface area contributed by atoms with Gasteiger partial charge >= 0.3 is 6.18 Å². The lowest BCUT2D eigenvalue weighted by Crippen LogP contribution is -2.44. The number of alkyl halides is 3. The van der Waals surface area contributed by atoms with E-state index in [9.17, 15) is 18.0 Å². The van der Waals surface area contributed by atoms with Gasteiger partial charge in [0.15, 0.2) is 0 Å². The van der Waals surface area contributed by atoms with Crippen LogP contribution in [-0.2, 0) is 0 Å². The maximum atomic E-state index is 12.8. The summed E-state index contributed by atoms with van der Waals surface area (Å²) in [6, 6.07) is 10.6. The lowest BCUT2D eigenvalue weighted by Gasteiger charge is -2.33. The number of aromatic nitrogens is 1. The average Bonchev–Trinajstić information content (AvgIpc) is 3.04. The number of hydrogen-bond acceptors (Lipinski definition) is 3. The van der Waals surface area contributed by atoms with Gasteiger partial charge in [0, 0.05) is 24.7 Å². The number of benzene rings is 1. The van der Waals surface area contributed by atoms with Gasteiger partial charge in [0.05, 0.1) is 5.92 Å². The Morgan fingerprint density at radius 1 is 1.26 bits per heavy atom. The maximum absolute atomic E-state index is 12.8. The number of carbonyl (C=O) groups is 1. The van der Waals surface area contributed by atoms with E-state index in [4.69, 9.17) is 4.52 Å². The molecule has 23 heavy (non-hydrogen) atoms. The Labute approximate surface area is 130 Å². The highest BCUT2D eigenvalue weighted by Gasteiger charge is 2.43. The van der Waals surface area contributed by atoms with Gasteiger partial charge in [-0.25, -0.2) is 0 Å². The number of halogens is 3. The van der Waals surface area contributed by atoms with E-state index in [0.717, 1.165) is 5.56 Å². The maximum Gasteiger partial charge on any atom is 0.393 e. The molecule has 0 saturated carbocycles. The molecule has 1 atom stereocenters. The minimum Gasteiger partial charge on any atom is -0.350 e. The molecule has 1 fully saturated rings. The van der Waals surface area contributed by atoms with Gasteiger partial charge in [0.2, 0.25) is 5.76 Å². The van der Waals surface area contributed by atoms with Crippen molar-refractivity contribution in [3.63, 3.8) is 0 Å². The van der Waals surface area contributed by atoms with Crippen LogP contribution in [0.1, 0.15) is 23.4 Å². The molecule has 1 amide bonds. The van der Waals surface area contributed by atoms with E-state index >= 15 is 0 Å². The minimum atomic E-state index is -4.28. The highest BCUT2D eigenvalue weighted by Crippen LogP contribution is 2.33. The van der Waals surface area contributed by atoms with Crippen molar-refractivity contribution in [1.29, 1.82) is 0 Å². The fourth-order valence-corrected chi connectivity index (χ4v) is 2.71. The molecule has 7 heteroatoms. The molecule has 0 unspecified atom stereocenters. The van der Waals surface area contributed by atoms with Crippen LogP contribution in [0.3, 0.4) is 0 Å². The zero-order chi connectivity index (χ0) is 16.4. The Balaban J connectivity index is 1.75. The van der Waals surface area contributed by atoms with Crippen LogP contribution in [0, 0.1) is 5.92 Å². The van der Waals surface area contributed by atoms with Gasteiger partial charge in [-0.05, 0) is 12.8 Å². The number of rotatable bonds is 2. The van der Waals surface area contributed by atoms with Gasteiger partial charge in [0.25, 0.3) is 5.91 Å². The Bertz CT molecular complexity index is 682. The Hall–Kier alpha value is -2.31. The first-order valence-electron chi connectivity index (χ1n) is 7.33. The van der Waals surface area contributed by atoms with Crippen LogP contribution in [0.2, 0.25) is 0 Å². The first kappa shape index (κ1) is 15.6. The van der Waals surface area contributed by atoms with Gasteiger partial charge in [-0.3, -0.25) is 4.79 Å². The van der Waals surface area contributed by atoms with Crippen molar-refractivity contribution in [2.45, 2.75) is 19.0 Å². The smallest absolute Gasteiger partial charge is 0.350 e. The summed E-state index contributed by atoms with van der Waals surface area (Å²) >= 11 is 0. The van der Waals surface area contributed by atoms with Crippen molar-refractivity contribution in [2.75, 3.05) is 13.1 Å². The predicted molar refractivity (Wildman–Crippen MR) is 76.6 cm³/mol. The van der Waals surface area contributed by atoms with E-state index in [0.29, 0.717) is 18.7 Å². The third-order valence-corrected chi connectivity index (χ3v) is 3.96. The van der Waals surface area contributed by atoms with Crippen molar-refractivity contribution in [2.24, 2.45) is 5.92 Å². The second-order valence-electron chi connectivity index (χ2n) is 5.57. The van der Waals surface area contributed by atoms with Gasteiger partial charge in [-0.15, -0.1) is 0 Å². The summed E-state index contributed by atoms with van der Waals surface area (Å²) in [5.74, 6) is -2.06. The Morgan fingerprint density at radius 3 is 2.70 bits per heavy atom. The van der Waals surface area contributed by atoms with Gasteiger partial charge in [-0.1, -0.05) is 35.5 Å². The highest BCUT2D eigenvalue weighted by molar-refractivity contribution is 5.92. The topological polar surface area (TPSA) is 46.3 Å². The van der Waals surface area contributed by atoms with E-state index in [1.807, 2.05) is 30.3 Å². The SMILES string of the molecule is O=C(c1cc(-c2ccccc2)no1)N1CCC[C@@H](C(F)(F)F)C1. The molecule has 0 spiro atoms. The first-order chi connectivity index (χ1) is 10.9. The number of likely N-dealkylation sites (tertiary alicyclic amines) is 1. The molecule has 1 aliphatic rings. The van der Waals surface area contributed by atoms with Crippen molar-refractivity contribution >= 4 is 5.91 Å². The number of nitrogens with zero attached hydrogens (tertiary/aromatic N) is 2. The molecular formula is C16H15F3N2O2. The molecular weight excluding hydrogens is 309 g/mol. The van der Waals surface area contributed by atoms with Crippen LogP contribution in [-0.4, -0.2) is 35.2 Å². The monoisotopic (exact) mass is 324 g/mol. The fourth-order valence-electron chi connectivity index (χ4n) is 2.71. The van der Waals surface area contributed by atoms with E-state index in [1.54, 1.807) is 0 Å². The molecule has 0 radical (unpaired) electrons. The second kappa shape index (κ2) is 6.06. The van der Waals surface area contributed by atoms with Crippen molar-refractivity contribution in [1.82, 2.24) is 10.1 Å². The van der Waals surface area contributed by atoms with Crippen molar-refractivity contribution in [3.8, 4) is 11.3 Å². The van der Waals surface area contributed by atoms with Gasteiger partial charge in [0.1, 0.15) is 5.69 Å². The zero-order valence-corrected chi connectivity index (χ0v) is 12.2. The van der Waals surface area contributed by atoms with Crippen LogP contribution in [0.25, 0.3) is 11.3 Å². The first-order valence-corrected chi connectivity index (χ1v) is 7.33. The van der Waals surface area contributed by atoms with E-state index in [1.165, 1.54) is 11.0 Å². The molecule has 1 aliphatic heterocycles. The molecule has 3 rings (SSSR count). The minimum absolute atomic E-state index is 0.0355. The summed E-state index contributed by atoms with van der Waals surface area (Å²) in [6.45, 7) is -0.0313. The molecule has 1 aromatic heterocycles. The Kier molecular flexibility index (Phi) is 4.11. The molecule has 4 nitrogen and oxygen atoms in total. The second-order valence-corrected chi connectivity index (χ2v) is 5.57.